The van der Waals surface area contributed by atoms with Crippen molar-refractivity contribution < 1.29 is 4.79 Å². The third-order valence-corrected chi connectivity index (χ3v) is 4.90. The summed E-state index contributed by atoms with van der Waals surface area (Å²) in [6, 6.07) is 8.28. The number of aryl methyl sites for hydroxylation is 1. The molecule has 0 saturated carbocycles. The molecule has 3 rings (SSSR count). The van der Waals surface area contributed by atoms with Gasteiger partial charge in [-0.15, -0.1) is 11.3 Å². The van der Waals surface area contributed by atoms with E-state index < -0.39 is 0 Å². The first-order chi connectivity index (χ1) is 11.2. The van der Waals surface area contributed by atoms with E-state index in [1.165, 1.54) is 16.9 Å². The van der Waals surface area contributed by atoms with Gasteiger partial charge in [0.05, 0.1) is 6.54 Å². The molecule has 3 N–H and O–H groups in total. The summed E-state index contributed by atoms with van der Waals surface area (Å²) in [4.78, 5) is 19.2. The van der Waals surface area contributed by atoms with Gasteiger partial charge in [-0.05, 0) is 37.0 Å². The minimum atomic E-state index is 0.285. The third kappa shape index (κ3) is 4.45. The van der Waals surface area contributed by atoms with E-state index in [9.17, 15) is 4.79 Å². The van der Waals surface area contributed by atoms with E-state index in [2.05, 4.69) is 34.6 Å². The number of thiazole rings is 1. The van der Waals surface area contributed by atoms with Crippen LogP contribution in [0.15, 0.2) is 30.5 Å². The molecule has 1 aliphatic rings. The van der Waals surface area contributed by atoms with E-state index in [4.69, 9.17) is 5.73 Å². The molecule has 1 amide bonds. The van der Waals surface area contributed by atoms with E-state index >= 15 is 0 Å². The van der Waals surface area contributed by atoms with Gasteiger partial charge in [0.1, 0.15) is 0 Å². The maximum absolute atomic E-state index is 12.0. The number of carbonyl (C=O) groups excluding carboxylic acids is 1. The molecular formula is C17H22N4OS. The normalized spacial score (nSPS) is 14.2. The van der Waals surface area contributed by atoms with Gasteiger partial charge in [-0.1, -0.05) is 12.1 Å². The van der Waals surface area contributed by atoms with Crippen molar-refractivity contribution in [3.8, 4) is 0 Å². The van der Waals surface area contributed by atoms with Crippen molar-refractivity contribution in [2.24, 2.45) is 0 Å². The van der Waals surface area contributed by atoms with Crippen molar-refractivity contribution in [3.63, 3.8) is 0 Å². The van der Waals surface area contributed by atoms with E-state index in [0.29, 0.717) is 11.6 Å². The molecule has 1 aromatic carbocycles. The van der Waals surface area contributed by atoms with Gasteiger partial charge in [0.25, 0.3) is 0 Å². The maximum atomic E-state index is 12.0. The molecule has 0 bridgehead atoms. The first-order valence-electron chi connectivity index (χ1n) is 8.01. The summed E-state index contributed by atoms with van der Waals surface area (Å²) in [6.45, 7) is 2.59. The second-order valence-electron chi connectivity index (χ2n) is 5.80. The number of nitrogens with one attached hydrogen (secondary N) is 1. The highest BCUT2D eigenvalue weighted by atomic mass is 32.1. The minimum absolute atomic E-state index is 0.285. The molecular weight excluding hydrogens is 308 g/mol. The van der Waals surface area contributed by atoms with Gasteiger partial charge in [-0.2, -0.15) is 0 Å². The molecule has 23 heavy (non-hydrogen) atoms. The highest BCUT2D eigenvalue weighted by Crippen LogP contribution is 2.18. The zero-order chi connectivity index (χ0) is 16.1. The van der Waals surface area contributed by atoms with Crippen LogP contribution in [0.25, 0.3) is 0 Å². The summed E-state index contributed by atoms with van der Waals surface area (Å²) in [7, 11) is 0. The molecule has 2 heterocycles. The lowest BCUT2D eigenvalue weighted by Gasteiger charge is -2.15. The molecule has 0 unspecified atom stereocenters. The second kappa shape index (κ2) is 7.46. The summed E-state index contributed by atoms with van der Waals surface area (Å²) in [5.74, 6) is 0.285. The molecule has 1 fully saturated rings. The van der Waals surface area contributed by atoms with Crippen LogP contribution in [0.2, 0.25) is 0 Å². The predicted molar refractivity (Wildman–Crippen MR) is 94.4 cm³/mol. The van der Waals surface area contributed by atoms with Crippen LogP contribution in [0.4, 0.5) is 10.8 Å². The number of aromatic nitrogens is 1. The van der Waals surface area contributed by atoms with Gasteiger partial charge in [0.2, 0.25) is 5.91 Å². The number of amides is 1. The molecule has 6 heteroatoms. The Labute approximate surface area is 140 Å². The number of nitrogen functional groups attached to an aromatic ring is 1. The number of carbonyl (C=O) groups is 1. The van der Waals surface area contributed by atoms with Crippen molar-refractivity contribution in [3.05, 3.63) is 40.9 Å². The first-order valence-corrected chi connectivity index (χ1v) is 8.83. The number of likely N-dealkylation sites (tertiary alicyclic amines) is 1. The average Bonchev–Trinajstić information content (AvgIpc) is 3.23. The van der Waals surface area contributed by atoms with Gasteiger partial charge in [-0.3, -0.25) is 4.79 Å². The second-order valence-corrected chi connectivity index (χ2v) is 6.95. The van der Waals surface area contributed by atoms with Gasteiger partial charge < -0.3 is 16.0 Å². The van der Waals surface area contributed by atoms with Crippen LogP contribution >= 0.6 is 11.3 Å². The van der Waals surface area contributed by atoms with E-state index in [1.54, 1.807) is 6.20 Å². The fraction of sp³-hybridized carbons (Fsp3) is 0.412. The van der Waals surface area contributed by atoms with Gasteiger partial charge in [-0.25, -0.2) is 4.98 Å². The molecule has 122 valence electrons. The SMILES string of the molecule is Nc1ncc(CNc2ccc(CCC(=O)N3CCCC3)cc2)s1. The summed E-state index contributed by atoms with van der Waals surface area (Å²) in [5.41, 5.74) is 7.88. The van der Waals surface area contributed by atoms with Gasteiger partial charge >= 0.3 is 0 Å². The maximum Gasteiger partial charge on any atom is 0.222 e. The highest BCUT2D eigenvalue weighted by Gasteiger charge is 2.17. The molecule has 0 radical (unpaired) electrons. The van der Waals surface area contributed by atoms with Crippen LogP contribution in [0.3, 0.4) is 0 Å². The fourth-order valence-electron chi connectivity index (χ4n) is 2.76. The zero-order valence-corrected chi connectivity index (χ0v) is 13.9. The third-order valence-electron chi connectivity index (χ3n) is 4.08. The van der Waals surface area contributed by atoms with Crippen molar-refractivity contribution in [1.82, 2.24) is 9.88 Å². The quantitative estimate of drug-likeness (QED) is 0.854. The average molecular weight is 330 g/mol. The molecule has 5 nitrogen and oxygen atoms in total. The number of nitrogens with two attached hydrogens (primary N) is 1. The number of benzene rings is 1. The van der Waals surface area contributed by atoms with Crippen LogP contribution in [0.5, 0.6) is 0 Å². The van der Waals surface area contributed by atoms with Crippen molar-refractivity contribution in [2.75, 3.05) is 24.1 Å². The van der Waals surface area contributed by atoms with Crippen molar-refractivity contribution >= 4 is 28.1 Å². The van der Waals surface area contributed by atoms with Crippen LogP contribution in [-0.4, -0.2) is 28.9 Å². The molecule has 0 atom stereocenters. The van der Waals surface area contributed by atoms with Crippen molar-refractivity contribution in [2.45, 2.75) is 32.2 Å². The molecule has 0 aliphatic carbocycles. The molecule has 1 aliphatic heterocycles. The molecule has 2 aromatic rings. The van der Waals surface area contributed by atoms with Crippen molar-refractivity contribution in [1.29, 1.82) is 0 Å². The van der Waals surface area contributed by atoms with Crippen LogP contribution < -0.4 is 11.1 Å². The van der Waals surface area contributed by atoms with Crippen LogP contribution in [-0.2, 0) is 17.8 Å². The number of rotatable bonds is 6. The van der Waals surface area contributed by atoms with Crippen LogP contribution in [0, 0.1) is 0 Å². The summed E-state index contributed by atoms with van der Waals surface area (Å²) >= 11 is 1.50. The fourth-order valence-corrected chi connectivity index (χ4v) is 3.38. The van der Waals surface area contributed by atoms with E-state index in [1.807, 2.05) is 4.90 Å². The lowest BCUT2D eigenvalue weighted by atomic mass is 10.1. The van der Waals surface area contributed by atoms with Gasteiger partial charge in [0, 0.05) is 36.3 Å². The minimum Gasteiger partial charge on any atom is -0.380 e. The summed E-state index contributed by atoms with van der Waals surface area (Å²) in [5, 5.41) is 3.95. The smallest absolute Gasteiger partial charge is 0.222 e. The topological polar surface area (TPSA) is 71.2 Å². The largest absolute Gasteiger partial charge is 0.380 e. The molecule has 1 aromatic heterocycles. The standard InChI is InChI=1S/C17H22N4OS/c18-17-20-12-15(23-17)11-19-14-6-3-13(4-7-14)5-8-16(22)21-9-1-2-10-21/h3-4,6-7,12,19H,1-2,5,8-11H2,(H2,18,20). The van der Waals surface area contributed by atoms with E-state index in [-0.39, 0.29) is 5.91 Å². The number of anilines is 2. The lowest BCUT2D eigenvalue weighted by Crippen LogP contribution is -2.27. The Morgan fingerprint density at radius 3 is 2.65 bits per heavy atom. The number of hydrogen-bond acceptors (Lipinski definition) is 5. The Hall–Kier alpha value is -2.08. The predicted octanol–water partition coefficient (Wildman–Crippen LogP) is 2.89. The Kier molecular flexibility index (Phi) is 5.12. The first kappa shape index (κ1) is 15.8. The monoisotopic (exact) mass is 330 g/mol. The van der Waals surface area contributed by atoms with Crippen LogP contribution in [0.1, 0.15) is 29.7 Å². The van der Waals surface area contributed by atoms with E-state index in [0.717, 1.165) is 49.5 Å². The summed E-state index contributed by atoms with van der Waals surface area (Å²) in [6.07, 6.45) is 5.51. The Bertz CT molecular complexity index is 647. The molecule has 0 spiro atoms. The number of nitrogens with zero attached hydrogens (tertiary/aromatic N) is 2. The van der Waals surface area contributed by atoms with Gasteiger partial charge in [0.15, 0.2) is 5.13 Å². The molecule has 1 saturated heterocycles. The summed E-state index contributed by atoms with van der Waals surface area (Å²) < 4.78 is 0. The lowest BCUT2D eigenvalue weighted by molar-refractivity contribution is -0.130. The zero-order valence-electron chi connectivity index (χ0n) is 13.1. The Morgan fingerprint density at radius 2 is 2.00 bits per heavy atom. The Balaban J connectivity index is 1.45. The number of hydrogen-bond donors (Lipinski definition) is 2. The highest BCUT2D eigenvalue weighted by molar-refractivity contribution is 7.15. The Morgan fingerprint density at radius 1 is 1.26 bits per heavy atom.